The minimum absolute atomic E-state index is 0.0414. The van der Waals surface area contributed by atoms with E-state index in [2.05, 4.69) is 4.98 Å². The summed E-state index contributed by atoms with van der Waals surface area (Å²) in [7, 11) is -2.52. The molecular formula is C15H17FN2O4S. The van der Waals surface area contributed by atoms with Crippen molar-refractivity contribution in [3.63, 3.8) is 0 Å². The van der Waals surface area contributed by atoms with Crippen LogP contribution >= 0.6 is 0 Å². The van der Waals surface area contributed by atoms with Gasteiger partial charge in [0.2, 0.25) is 0 Å². The summed E-state index contributed by atoms with van der Waals surface area (Å²) in [6.45, 7) is 1.85. The van der Waals surface area contributed by atoms with Gasteiger partial charge in [0.1, 0.15) is 17.9 Å². The molecule has 0 fully saturated rings. The molecular weight excluding hydrogens is 323 g/mol. The number of sulfone groups is 1. The number of hydrogen-bond acceptors (Lipinski definition) is 5. The summed E-state index contributed by atoms with van der Waals surface area (Å²) in [5.74, 6) is -1.86. The first-order chi connectivity index (χ1) is 10.9. The number of rotatable bonds is 6. The van der Waals surface area contributed by atoms with Gasteiger partial charge in [-0.2, -0.15) is 0 Å². The second-order valence-corrected chi connectivity index (χ2v) is 7.01. The van der Waals surface area contributed by atoms with E-state index >= 15 is 0 Å². The fourth-order valence-electron chi connectivity index (χ4n) is 2.08. The number of methoxy groups -OCH3 is 1. The molecule has 0 saturated heterocycles. The molecule has 2 rings (SSSR count). The Morgan fingerprint density at radius 2 is 2.13 bits per heavy atom. The van der Waals surface area contributed by atoms with Gasteiger partial charge in [-0.3, -0.25) is 9.36 Å². The van der Waals surface area contributed by atoms with Gasteiger partial charge in [0, 0.05) is 18.5 Å². The average molecular weight is 340 g/mol. The van der Waals surface area contributed by atoms with Gasteiger partial charge in [0.15, 0.2) is 9.84 Å². The fourth-order valence-corrected chi connectivity index (χ4v) is 3.76. The Balaban J connectivity index is 2.63. The molecule has 0 N–H and O–H groups in total. The first-order valence-corrected chi connectivity index (χ1v) is 8.69. The van der Waals surface area contributed by atoms with E-state index in [9.17, 15) is 17.6 Å². The van der Waals surface area contributed by atoms with Crippen LogP contribution in [-0.4, -0.2) is 36.7 Å². The first-order valence-electron chi connectivity index (χ1n) is 7.03. The van der Waals surface area contributed by atoms with Crippen LogP contribution in [-0.2, 0) is 9.84 Å². The molecule has 0 unspecified atom stereocenters. The standard InChI is InChI=1S/C15H17FN2O4S/c1-3-4-7-23(20,21)13-9-11(22-2)8-12(16)14(13)15(19)18-6-5-17-10-18/h5-6,8-10H,3-4,7H2,1-2H3. The second kappa shape index (κ2) is 6.91. The highest BCUT2D eigenvalue weighted by Crippen LogP contribution is 2.27. The van der Waals surface area contributed by atoms with Crippen molar-refractivity contribution in [1.82, 2.24) is 9.55 Å². The van der Waals surface area contributed by atoms with Crippen LogP contribution in [0.4, 0.5) is 4.39 Å². The normalized spacial score (nSPS) is 11.4. The van der Waals surface area contributed by atoms with E-state index in [1.807, 2.05) is 6.92 Å². The molecule has 0 aliphatic carbocycles. The van der Waals surface area contributed by atoms with Crippen molar-refractivity contribution < 1.29 is 22.3 Å². The molecule has 0 radical (unpaired) electrons. The Morgan fingerprint density at radius 1 is 1.39 bits per heavy atom. The third kappa shape index (κ3) is 3.58. The molecule has 1 aromatic heterocycles. The molecule has 2 aromatic rings. The van der Waals surface area contributed by atoms with E-state index in [0.717, 1.165) is 10.6 Å². The molecule has 1 heterocycles. The van der Waals surface area contributed by atoms with E-state index < -0.39 is 27.1 Å². The summed E-state index contributed by atoms with van der Waals surface area (Å²) in [4.78, 5) is 15.8. The highest BCUT2D eigenvalue weighted by Gasteiger charge is 2.27. The SMILES string of the molecule is CCCCS(=O)(=O)c1cc(OC)cc(F)c1C(=O)n1ccnc1. The lowest BCUT2D eigenvalue weighted by atomic mass is 10.2. The number of aromatic nitrogens is 2. The topological polar surface area (TPSA) is 78.3 Å². The van der Waals surface area contributed by atoms with Crippen LogP contribution in [0.1, 0.15) is 30.1 Å². The second-order valence-electron chi connectivity index (χ2n) is 4.93. The molecule has 23 heavy (non-hydrogen) atoms. The summed E-state index contributed by atoms with van der Waals surface area (Å²) in [6, 6.07) is 2.17. The van der Waals surface area contributed by atoms with E-state index in [1.54, 1.807) is 0 Å². The van der Waals surface area contributed by atoms with Gasteiger partial charge in [0.05, 0.1) is 23.3 Å². The van der Waals surface area contributed by atoms with Crippen LogP contribution in [0.3, 0.4) is 0 Å². The summed E-state index contributed by atoms with van der Waals surface area (Å²) < 4.78 is 45.4. The van der Waals surface area contributed by atoms with Gasteiger partial charge >= 0.3 is 0 Å². The zero-order chi connectivity index (χ0) is 17.0. The third-order valence-electron chi connectivity index (χ3n) is 3.32. The molecule has 0 bridgehead atoms. The van der Waals surface area contributed by atoms with E-state index in [-0.39, 0.29) is 16.4 Å². The summed E-state index contributed by atoms with van der Waals surface area (Å²) in [5.41, 5.74) is -0.500. The molecule has 0 amide bonds. The van der Waals surface area contributed by atoms with Gasteiger partial charge in [-0.05, 0) is 12.5 Å². The lowest BCUT2D eigenvalue weighted by molar-refractivity contribution is 0.0952. The Bertz CT molecular complexity index is 801. The Kier molecular flexibility index (Phi) is 5.15. The van der Waals surface area contributed by atoms with Gasteiger partial charge in [-0.15, -0.1) is 0 Å². The minimum atomic E-state index is -3.82. The van der Waals surface area contributed by atoms with Crippen LogP contribution in [0.2, 0.25) is 0 Å². The number of unbranched alkanes of at least 4 members (excludes halogenated alkanes) is 1. The zero-order valence-electron chi connectivity index (χ0n) is 12.8. The monoisotopic (exact) mass is 340 g/mol. The highest BCUT2D eigenvalue weighted by molar-refractivity contribution is 7.91. The number of ether oxygens (including phenoxy) is 1. The average Bonchev–Trinajstić information content (AvgIpc) is 3.06. The van der Waals surface area contributed by atoms with E-state index in [0.29, 0.717) is 12.8 Å². The molecule has 0 spiro atoms. The zero-order valence-corrected chi connectivity index (χ0v) is 13.6. The van der Waals surface area contributed by atoms with Crippen molar-refractivity contribution in [3.05, 3.63) is 42.2 Å². The molecule has 0 aliphatic heterocycles. The number of benzene rings is 1. The lowest BCUT2D eigenvalue weighted by Crippen LogP contribution is -2.19. The van der Waals surface area contributed by atoms with Crippen LogP contribution < -0.4 is 4.74 Å². The molecule has 0 aliphatic rings. The van der Waals surface area contributed by atoms with Crippen LogP contribution in [0.5, 0.6) is 5.75 Å². The summed E-state index contributed by atoms with van der Waals surface area (Å²) in [5, 5.41) is 0. The fraction of sp³-hybridized carbons (Fsp3) is 0.333. The number of hydrogen-bond donors (Lipinski definition) is 0. The van der Waals surface area contributed by atoms with Crippen molar-refractivity contribution >= 4 is 15.7 Å². The lowest BCUT2D eigenvalue weighted by Gasteiger charge is -2.13. The molecule has 8 heteroatoms. The van der Waals surface area contributed by atoms with Crippen molar-refractivity contribution in [2.75, 3.05) is 12.9 Å². The predicted molar refractivity (Wildman–Crippen MR) is 81.9 cm³/mol. The summed E-state index contributed by atoms with van der Waals surface area (Å²) >= 11 is 0. The van der Waals surface area contributed by atoms with Crippen molar-refractivity contribution in [3.8, 4) is 5.75 Å². The maximum absolute atomic E-state index is 14.4. The maximum Gasteiger partial charge on any atom is 0.267 e. The molecule has 124 valence electrons. The maximum atomic E-state index is 14.4. The van der Waals surface area contributed by atoms with Crippen LogP contribution in [0, 0.1) is 5.82 Å². The Labute approximate surface area is 133 Å². The van der Waals surface area contributed by atoms with Gasteiger partial charge in [-0.1, -0.05) is 13.3 Å². The van der Waals surface area contributed by atoms with E-state index in [4.69, 9.17) is 4.74 Å². The molecule has 0 saturated carbocycles. The Morgan fingerprint density at radius 3 is 2.70 bits per heavy atom. The Hall–Kier alpha value is -2.22. The number of halogens is 1. The van der Waals surface area contributed by atoms with Crippen molar-refractivity contribution in [2.45, 2.75) is 24.7 Å². The van der Waals surface area contributed by atoms with E-state index in [1.165, 1.54) is 31.9 Å². The predicted octanol–water partition coefficient (Wildman–Crippen LogP) is 2.29. The smallest absolute Gasteiger partial charge is 0.267 e. The molecule has 0 atom stereocenters. The van der Waals surface area contributed by atoms with Gasteiger partial charge < -0.3 is 4.74 Å². The number of carbonyl (C=O) groups is 1. The number of imidazole rings is 1. The van der Waals surface area contributed by atoms with Crippen LogP contribution in [0.15, 0.2) is 35.7 Å². The minimum Gasteiger partial charge on any atom is -0.497 e. The largest absolute Gasteiger partial charge is 0.497 e. The third-order valence-corrected chi connectivity index (χ3v) is 5.14. The van der Waals surface area contributed by atoms with Gasteiger partial charge in [0.25, 0.3) is 5.91 Å². The molecule has 1 aromatic carbocycles. The van der Waals surface area contributed by atoms with Crippen LogP contribution in [0.25, 0.3) is 0 Å². The summed E-state index contributed by atoms with van der Waals surface area (Å²) in [6.07, 6.45) is 4.95. The van der Waals surface area contributed by atoms with Gasteiger partial charge in [-0.25, -0.2) is 17.8 Å². The van der Waals surface area contributed by atoms with Crippen molar-refractivity contribution in [1.29, 1.82) is 0 Å². The van der Waals surface area contributed by atoms with Crippen molar-refractivity contribution in [2.24, 2.45) is 0 Å². The number of carbonyl (C=O) groups excluding carboxylic acids is 1. The molecule has 6 nitrogen and oxygen atoms in total. The first kappa shape index (κ1) is 17.1. The number of nitrogens with zero attached hydrogens (tertiary/aromatic N) is 2. The highest BCUT2D eigenvalue weighted by atomic mass is 32.2. The quantitative estimate of drug-likeness (QED) is 0.806.